The van der Waals surface area contributed by atoms with Crippen LogP contribution in [0.3, 0.4) is 0 Å². The van der Waals surface area contributed by atoms with Crippen LogP contribution in [-0.4, -0.2) is 43.8 Å². The predicted molar refractivity (Wildman–Crippen MR) is 128 cm³/mol. The monoisotopic (exact) mass is 420 g/mol. The Balaban J connectivity index is 1.84. The molecule has 2 aromatic rings. The van der Waals surface area contributed by atoms with Crippen LogP contribution in [0.2, 0.25) is 0 Å². The summed E-state index contributed by atoms with van der Waals surface area (Å²) < 4.78 is 6.15. The third kappa shape index (κ3) is 5.95. The number of carbonyl (C=O) groups excluding carboxylic acids is 1. The summed E-state index contributed by atoms with van der Waals surface area (Å²) in [5.74, 6) is 0.792. The van der Waals surface area contributed by atoms with Crippen molar-refractivity contribution < 1.29 is 9.53 Å². The van der Waals surface area contributed by atoms with Crippen LogP contribution in [0.15, 0.2) is 59.1 Å². The zero-order chi connectivity index (χ0) is 22.2. The number of carbonyl (C=O) groups is 1. The van der Waals surface area contributed by atoms with E-state index in [4.69, 9.17) is 10.5 Å². The van der Waals surface area contributed by atoms with Crippen molar-refractivity contribution in [2.24, 2.45) is 16.6 Å². The molecule has 0 atom stereocenters. The van der Waals surface area contributed by atoms with Crippen molar-refractivity contribution in [3.05, 3.63) is 59.7 Å². The van der Waals surface area contributed by atoms with Gasteiger partial charge in [0.1, 0.15) is 5.75 Å². The highest BCUT2D eigenvalue weighted by Gasteiger charge is 2.19. The molecule has 0 unspecified atom stereocenters. The number of rotatable bonds is 9. The molecule has 31 heavy (non-hydrogen) atoms. The molecule has 6 heteroatoms. The molecule has 1 aliphatic heterocycles. The summed E-state index contributed by atoms with van der Waals surface area (Å²) >= 11 is 0. The molecular weight excluding hydrogens is 388 g/mol. The number of anilines is 1. The fourth-order valence-electron chi connectivity index (χ4n) is 3.78. The van der Waals surface area contributed by atoms with Crippen LogP contribution in [0.4, 0.5) is 11.4 Å². The van der Waals surface area contributed by atoms with Gasteiger partial charge < -0.3 is 20.7 Å². The van der Waals surface area contributed by atoms with E-state index in [0.29, 0.717) is 29.5 Å². The maximum absolute atomic E-state index is 12.0. The second kappa shape index (κ2) is 10.8. The smallest absolute Gasteiger partial charge is 0.246 e. The Hall–Kier alpha value is -3.12. The lowest BCUT2D eigenvalue weighted by Gasteiger charge is -2.30. The number of ether oxygens (including phenoxy) is 1. The molecule has 1 saturated heterocycles. The molecule has 2 aromatic carbocycles. The highest BCUT2D eigenvalue weighted by atomic mass is 16.5. The first-order valence-corrected chi connectivity index (χ1v) is 10.8. The fraction of sp³-hybridized carbons (Fsp3) is 0.360. The number of primary amides is 1. The lowest BCUT2D eigenvalue weighted by molar-refractivity contribution is -0.114. The summed E-state index contributed by atoms with van der Waals surface area (Å²) in [5.41, 5.74) is 8.87. The van der Waals surface area contributed by atoms with Crippen molar-refractivity contribution in [2.45, 2.75) is 26.7 Å². The first-order chi connectivity index (χ1) is 15.0. The molecule has 3 N–H and O–H groups in total. The summed E-state index contributed by atoms with van der Waals surface area (Å²) in [6, 6.07) is 15.3. The quantitative estimate of drug-likeness (QED) is 0.464. The summed E-state index contributed by atoms with van der Waals surface area (Å²) in [7, 11) is 0. The first-order valence-electron chi connectivity index (χ1n) is 10.8. The van der Waals surface area contributed by atoms with Crippen LogP contribution in [0.25, 0.3) is 5.70 Å². The van der Waals surface area contributed by atoms with Gasteiger partial charge in [0, 0.05) is 16.8 Å². The largest absolute Gasteiger partial charge is 0.493 e. The van der Waals surface area contributed by atoms with Crippen LogP contribution >= 0.6 is 0 Å². The molecule has 1 heterocycles. The minimum atomic E-state index is -0.498. The van der Waals surface area contributed by atoms with Crippen molar-refractivity contribution >= 4 is 29.7 Å². The Kier molecular flexibility index (Phi) is 7.84. The van der Waals surface area contributed by atoms with Gasteiger partial charge in [-0.25, -0.2) is 0 Å². The predicted octanol–water partition coefficient (Wildman–Crippen LogP) is 4.46. The minimum absolute atomic E-state index is 0.415. The molecule has 1 aliphatic rings. The number of para-hydroxylation sites is 1. The molecule has 164 valence electrons. The van der Waals surface area contributed by atoms with E-state index in [1.807, 2.05) is 48.5 Å². The van der Waals surface area contributed by atoms with Gasteiger partial charge in [0.15, 0.2) is 0 Å². The zero-order valence-corrected chi connectivity index (χ0v) is 18.4. The number of piperidine rings is 1. The number of nitrogens with two attached hydrogens (primary N) is 1. The second-order valence-corrected chi connectivity index (χ2v) is 7.88. The van der Waals surface area contributed by atoms with Crippen molar-refractivity contribution in [1.82, 2.24) is 4.90 Å². The number of hydrogen-bond acceptors (Lipinski definition) is 5. The number of amides is 1. The van der Waals surface area contributed by atoms with Gasteiger partial charge in [-0.3, -0.25) is 9.79 Å². The second-order valence-electron chi connectivity index (χ2n) is 7.88. The number of aliphatic imine (C=N–C) groups is 1. The van der Waals surface area contributed by atoms with E-state index in [1.165, 1.54) is 0 Å². The van der Waals surface area contributed by atoms with E-state index < -0.39 is 5.91 Å². The standard InChI is InChI=1S/C25H32N4O2/c1-4-29-14-12-19(13-15-29)17-31-21-10-11-23(27-3)22(16-21)24(18(2)25(26)30)28-20-8-6-5-7-9-20/h5-11,16,19,28H,3-4,12-15,17H2,1-2H3,(H2,26,30)/b24-18-. The van der Waals surface area contributed by atoms with E-state index >= 15 is 0 Å². The van der Waals surface area contributed by atoms with Crippen LogP contribution in [-0.2, 0) is 4.79 Å². The van der Waals surface area contributed by atoms with E-state index in [-0.39, 0.29) is 0 Å². The Bertz CT molecular complexity index is 932. The van der Waals surface area contributed by atoms with Crippen LogP contribution in [0.5, 0.6) is 5.75 Å². The SMILES string of the molecule is C=Nc1ccc(OCC2CCN(CC)CC2)cc1/C(Nc1ccccc1)=C(\C)C(N)=O. The molecule has 0 saturated carbocycles. The normalized spacial score (nSPS) is 15.8. The number of benzene rings is 2. The van der Waals surface area contributed by atoms with Gasteiger partial charge in [0.05, 0.1) is 18.0 Å². The summed E-state index contributed by atoms with van der Waals surface area (Å²) in [6.07, 6.45) is 2.29. The molecule has 0 bridgehead atoms. The number of likely N-dealkylation sites (tertiary alicyclic amines) is 1. The van der Waals surface area contributed by atoms with Crippen molar-refractivity contribution in [1.29, 1.82) is 0 Å². The third-order valence-electron chi connectivity index (χ3n) is 5.84. The van der Waals surface area contributed by atoms with Crippen molar-refractivity contribution in [3.63, 3.8) is 0 Å². The molecule has 6 nitrogen and oxygen atoms in total. The fourth-order valence-corrected chi connectivity index (χ4v) is 3.78. The molecule has 0 radical (unpaired) electrons. The average Bonchev–Trinajstić information content (AvgIpc) is 2.81. The minimum Gasteiger partial charge on any atom is -0.493 e. The van der Waals surface area contributed by atoms with Gasteiger partial charge in [-0.2, -0.15) is 0 Å². The highest BCUT2D eigenvalue weighted by molar-refractivity contribution is 6.03. The number of hydrogen-bond donors (Lipinski definition) is 2. The Labute approximate surface area is 184 Å². The van der Waals surface area contributed by atoms with Gasteiger partial charge >= 0.3 is 0 Å². The Morgan fingerprint density at radius 2 is 1.94 bits per heavy atom. The zero-order valence-electron chi connectivity index (χ0n) is 18.4. The molecule has 0 aliphatic carbocycles. The van der Waals surface area contributed by atoms with Crippen LogP contribution in [0.1, 0.15) is 32.3 Å². The molecule has 1 fully saturated rings. The maximum atomic E-state index is 12.0. The van der Waals surface area contributed by atoms with Gasteiger partial charge in [-0.15, -0.1) is 0 Å². The van der Waals surface area contributed by atoms with Crippen molar-refractivity contribution in [3.8, 4) is 5.75 Å². The molecule has 0 aromatic heterocycles. The number of nitrogens with zero attached hydrogens (tertiary/aromatic N) is 2. The first kappa shape index (κ1) is 22.6. The summed E-state index contributed by atoms with van der Waals surface area (Å²) in [6.45, 7) is 11.6. The molecule has 3 rings (SSSR count). The van der Waals surface area contributed by atoms with Gasteiger partial charge in [0.2, 0.25) is 5.91 Å². The summed E-state index contributed by atoms with van der Waals surface area (Å²) in [4.78, 5) is 18.6. The van der Waals surface area contributed by atoms with Crippen LogP contribution in [0, 0.1) is 5.92 Å². The van der Waals surface area contributed by atoms with Gasteiger partial charge in [-0.05, 0) is 82.4 Å². The van der Waals surface area contributed by atoms with E-state index in [1.54, 1.807) is 6.92 Å². The van der Waals surface area contributed by atoms with E-state index in [9.17, 15) is 4.79 Å². The highest BCUT2D eigenvalue weighted by Crippen LogP contribution is 2.33. The molecule has 1 amide bonds. The summed E-state index contributed by atoms with van der Waals surface area (Å²) in [5, 5.41) is 3.33. The Morgan fingerprint density at radius 3 is 2.55 bits per heavy atom. The lowest BCUT2D eigenvalue weighted by atomic mass is 9.98. The molecular formula is C25H32N4O2. The van der Waals surface area contributed by atoms with E-state index in [2.05, 4.69) is 28.9 Å². The molecule has 0 spiro atoms. The van der Waals surface area contributed by atoms with E-state index in [0.717, 1.165) is 49.5 Å². The topological polar surface area (TPSA) is 79.9 Å². The lowest BCUT2D eigenvalue weighted by Crippen LogP contribution is -2.35. The van der Waals surface area contributed by atoms with Gasteiger partial charge in [0.25, 0.3) is 0 Å². The van der Waals surface area contributed by atoms with Crippen LogP contribution < -0.4 is 15.8 Å². The number of nitrogens with one attached hydrogen (secondary N) is 1. The maximum Gasteiger partial charge on any atom is 0.246 e. The van der Waals surface area contributed by atoms with Gasteiger partial charge in [-0.1, -0.05) is 25.1 Å². The third-order valence-corrected chi connectivity index (χ3v) is 5.84. The van der Waals surface area contributed by atoms with Crippen molar-refractivity contribution in [2.75, 3.05) is 31.6 Å². The Morgan fingerprint density at radius 1 is 1.23 bits per heavy atom. The average molecular weight is 421 g/mol.